The van der Waals surface area contributed by atoms with E-state index in [4.69, 9.17) is 4.52 Å². The van der Waals surface area contributed by atoms with E-state index in [1.807, 2.05) is 0 Å². The van der Waals surface area contributed by atoms with Gasteiger partial charge in [0.25, 0.3) is 0 Å². The Morgan fingerprint density at radius 1 is 1.20 bits per heavy atom. The molecule has 0 bridgehead atoms. The highest BCUT2D eigenvalue weighted by Crippen LogP contribution is 2.24. The van der Waals surface area contributed by atoms with Gasteiger partial charge in [-0.3, -0.25) is 0 Å². The topological polar surface area (TPSA) is 51.0 Å². The molecule has 1 N–H and O–H groups in total. The maximum Gasteiger partial charge on any atom is 0.227 e. The molecule has 6 heteroatoms. The molecule has 0 aliphatic heterocycles. The molecule has 0 aliphatic rings. The van der Waals surface area contributed by atoms with Crippen LogP contribution >= 0.6 is 22.7 Å². The highest BCUT2D eigenvalue weighted by Gasteiger charge is 2.13. The number of nitrogens with zero attached hydrogens (tertiary/aromatic N) is 2. The second-order valence-corrected chi connectivity index (χ2v) is 6.40. The van der Waals surface area contributed by atoms with Gasteiger partial charge < -0.3 is 9.84 Å². The number of hydrogen-bond donors (Lipinski definition) is 1. The molecule has 1 atom stereocenters. The van der Waals surface area contributed by atoms with Crippen LogP contribution < -0.4 is 5.32 Å². The van der Waals surface area contributed by atoms with Crippen LogP contribution in [0.3, 0.4) is 0 Å². The van der Waals surface area contributed by atoms with Crippen molar-refractivity contribution < 1.29 is 4.52 Å². The van der Waals surface area contributed by atoms with E-state index in [1.54, 1.807) is 22.7 Å². The van der Waals surface area contributed by atoms with Crippen molar-refractivity contribution in [2.24, 2.45) is 0 Å². The molecule has 4 nitrogen and oxygen atoms in total. The first kappa shape index (κ1) is 13.5. The van der Waals surface area contributed by atoms with Gasteiger partial charge in [0.1, 0.15) is 0 Å². The SMILES string of the molecule is c1csc(CC(NCCc2ncno2)c2cccs2)c1. The summed E-state index contributed by atoms with van der Waals surface area (Å²) in [6.45, 7) is 0.829. The van der Waals surface area contributed by atoms with Crippen LogP contribution in [0.2, 0.25) is 0 Å². The standard InChI is InChI=1S/C14H15N3OS2/c1-3-11(19-7-1)9-12(13-4-2-8-20-13)15-6-5-14-16-10-17-18-14/h1-4,7-8,10,12,15H,5-6,9H2. The third-order valence-electron chi connectivity index (χ3n) is 3.01. The van der Waals surface area contributed by atoms with E-state index in [-0.39, 0.29) is 0 Å². The smallest absolute Gasteiger partial charge is 0.227 e. The summed E-state index contributed by atoms with van der Waals surface area (Å²) < 4.78 is 5.02. The van der Waals surface area contributed by atoms with Crippen LogP contribution in [0.25, 0.3) is 0 Å². The summed E-state index contributed by atoms with van der Waals surface area (Å²) in [7, 11) is 0. The maximum atomic E-state index is 5.02. The largest absolute Gasteiger partial charge is 0.340 e. The van der Waals surface area contributed by atoms with Gasteiger partial charge in [0, 0.05) is 35.2 Å². The van der Waals surface area contributed by atoms with Crippen LogP contribution in [0.5, 0.6) is 0 Å². The first-order valence-electron chi connectivity index (χ1n) is 6.46. The van der Waals surface area contributed by atoms with Crippen molar-refractivity contribution in [3.8, 4) is 0 Å². The number of aromatic nitrogens is 2. The van der Waals surface area contributed by atoms with Gasteiger partial charge >= 0.3 is 0 Å². The Hall–Kier alpha value is -1.50. The lowest BCUT2D eigenvalue weighted by Gasteiger charge is -2.16. The monoisotopic (exact) mass is 305 g/mol. The van der Waals surface area contributed by atoms with Crippen LogP contribution in [-0.2, 0) is 12.8 Å². The number of thiophene rings is 2. The molecule has 3 aromatic rings. The minimum absolute atomic E-state index is 0.344. The molecule has 104 valence electrons. The normalized spacial score (nSPS) is 12.6. The lowest BCUT2D eigenvalue weighted by molar-refractivity contribution is 0.371. The van der Waals surface area contributed by atoms with E-state index in [1.165, 1.54) is 16.1 Å². The fourth-order valence-corrected chi connectivity index (χ4v) is 3.61. The van der Waals surface area contributed by atoms with Crippen LogP contribution in [0.1, 0.15) is 21.7 Å². The van der Waals surface area contributed by atoms with E-state index in [0.29, 0.717) is 11.9 Å². The summed E-state index contributed by atoms with van der Waals surface area (Å²) in [4.78, 5) is 6.80. The quantitative estimate of drug-likeness (QED) is 0.727. The predicted molar refractivity (Wildman–Crippen MR) is 81.1 cm³/mol. The van der Waals surface area contributed by atoms with E-state index >= 15 is 0 Å². The summed E-state index contributed by atoms with van der Waals surface area (Å²) in [5.74, 6) is 0.679. The van der Waals surface area contributed by atoms with E-state index in [2.05, 4.69) is 50.5 Å². The molecule has 0 aliphatic carbocycles. The van der Waals surface area contributed by atoms with Gasteiger partial charge in [-0.2, -0.15) is 4.98 Å². The average molecular weight is 305 g/mol. The van der Waals surface area contributed by atoms with Crippen LogP contribution in [0.15, 0.2) is 45.9 Å². The van der Waals surface area contributed by atoms with Crippen molar-refractivity contribution in [3.63, 3.8) is 0 Å². The van der Waals surface area contributed by atoms with E-state index < -0.39 is 0 Å². The number of hydrogen-bond acceptors (Lipinski definition) is 6. The lowest BCUT2D eigenvalue weighted by atomic mass is 10.1. The molecule has 0 fully saturated rings. The first-order valence-corrected chi connectivity index (χ1v) is 8.22. The lowest BCUT2D eigenvalue weighted by Crippen LogP contribution is -2.24. The minimum Gasteiger partial charge on any atom is -0.340 e. The van der Waals surface area contributed by atoms with Gasteiger partial charge in [-0.25, -0.2) is 0 Å². The zero-order valence-electron chi connectivity index (χ0n) is 10.9. The summed E-state index contributed by atoms with van der Waals surface area (Å²) in [6.07, 6.45) is 3.21. The fraction of sp³-hybridized carbons (Fsp3) is 0.286. The molecule has 3 heterocycles. The van der Waals surface area contributed by atoms with Crippen LogP contribution in [0.4, 0.5) is 0 Å². The summed E-state index contributed by atoms with van der Waals surface area (Å²) in [5.41, 5.74) is 0. The third kappa shape index (κ3) is 3.53. The Morgan fingerprint density at radius 2 is 2.10 bits per heavy atom. The molecular formula is C14H15N3OS2. The Kier molecular flexibility index (Phi) is 4.57. The van der Waals surface area contributed by atoms with Gasteiger partial charge in [0.2, 0.25) is 5.89 Å². The first-order chi connectivity index (χ1) is 9.92. The minimum atomic E-state index is 0.344. The van der Waals surface area contributed by atoms with Crippen molar-refractivity contribution in [1.82, 2.24) is 15.5 Å². The Morgan fingerprint density at radius 3 is 2.80 bits per heavy atom. The van der Waals surface area contributed by atoms with Gasteiger partial charge in [-0.05, 0) is 22.9 Å². The molecule has 0 saturated carbocycles. The molecule has 20 heavy (non-hydrogen) atoms. The van der Waals surface area contributed by atoms with Crippen LogP contribution in [-0.4, -0.2) is 16.7 Å². The molecular weight excluding hydrogens is 290 g/mol. The maximum absolute atomic E-state index is 5.02. The number of rotatable bonds is 7. The van der Waals surface area contributed by atoms with Gasteiger partial charge in [-0.15, -0.1) is 22.7 Å². The predicted octanol–water partition coefficient (Wildman–Crippen LogP) is 3.31. The second-order valence-electron chi connectivity index (χ2n) is 4.39. The zero-order valence-corrected chi connectivity index (χ0v) is 12.5. The summed E-state index contributed by atoms with van der Waals surface area (Å²) in [5, 5.41) is 11.5. The second kappa shape index (κ2) is 6.78. The molecule has 0 radical (unpaired) electrons. The Bertz CT molecular complexity index is 590. The van der Waals surface area contributed by atoms with E-state index in [9.17, 15) is 0 Å². The molecule has 0 saturated heterocycles. The molecule has 3 rings (SSSR count). The van der Waals surface area contributed by atoms with Gasteiger partial charge in [0.05, 0.1) is 0 Å². The van der Waals surface area contributed by atoms with Crippen molar-refractivity contribution in [3.05, 3.63) is 57.0 Å². The van der Waals surface area contributed by atoms with Crippen molar-refractivity contribution in [2.45, 2.75) is 18.9 Å². The van der Waals surface area contributed by atoms with Gasteiger partial charge in [0.15, 0.2) is 6.33 Å². The van der Waals surface area contributed by atoms with E-state index in [0.717, 1.165) is 19.4 Å². The Balaban J connectivity index is 1.60. The van der Waals surface area contributed by atoms with Crippen molar-refractivity contribution in [1.29, 1.82) is 0 Å². The number of nitrogens with one attached hydrogen (secondary N) is 1. The highest BCUT2D eigenvalue weighted by molar-refractivity contribution is 7.10. The average Bonchev–Trinajstić information content (AvgIpc) is 3.21. The molecule has 0 spiro atoms. The van der Waals surface area contributed by atoms with Crippen molar-refractivity contribution in [2.75, 3.05) is 6.54 Å². The molecule has 3 aromatic heterocycles. The molecule has 0 amide bonds. The van der Waals surface area contributed by atoms with Gasteiger partial charge in [-0.1, -0.05) is 17.3 Å². The van der Waals surface area contributed by atoms with Crippen LogP contribution in [0, 0.1) is 0 Å². The third-order valence-corrected chi connectivity index (χ3v) is 4.89. The molecule has 0 aromatic carbocycles. The summed E-state index contributed by atoms with van der Waals surface area (Å²) in [6, 6.07) is 8.91. The molecule has 1 unspecified atom stereocenters. The highest BCUT2D eigenvalue weighted by atomic mass is 32.1. The fourth-order valence-electron chi connectivity index (χ4n) is 2.05. The zero-order chi connectivity index (χ0) is 13.6. The Labute approximate surface area is 125 Å². The summed E-state index contributed by atoms with van der Waals surface area (Å²) >= 11 is 3.60. The van der Waals surface area contributed by atoms with Crippen molar-refractivity contribution >= 4 is 22.7 Å².